The molecule has 0 bridgehead atoms. The number of unbranched alkanes of at least 4 members (excludes halogenated alkanes) is 2. The number of carbonyl (C=O) groups excluding carboxylic acids is 2. The van der Waals surface area contributed by atoms with Gasteiger partial charge in [0.15, 0.2) is 0 Å². The maximum absolute atomic E-state index is 12.9. The number of carbonyl (C=O) groups is 2. The first-order valence-corrected chi connectivity index (χ1v) is 11.6. The smallest absolute Gasteiger partial charge is 0.424 e. The monoisotopic (exact) mass is 490 g/mol. The number of nitrogens with one attached hydrogen (secondary N) is 1. The van der Waals surface area contributed by atoms with Crippen molar-refractivity contribution in [2.75, 3.05) is 18.0 Å². The minimum absolute atomic E-state index is 0.00857. The first-order valence-electron chi connectivity index (χ1n) is 10.8. The molecule has 0 saturated carbocycles. The number of imide groups is 1. The normalized spacial score (nSPS) is 12.9. The third kappa shape index (κ3) is 9.53. The second-order valence-corrected chi connectivity index (χ2v) is 10.4. The van der Waals surface area contributed by atoms with E-state index in [4.69, 9.17) is 32.7 Å². The average Bonchev–Trinajstić information content (AvgIpc) is 2.60. The first kappa shape index (κ1) is 28.5. The molecule has 1 atom stereocenters. The zero-order chi connectivity index (χ0) is 24.7. The minimum Gasteiger partial charge on any atom is -0.443 e. The lowest BCUT2D eigenvalue weighted by Crippen LogP contribution is -2.44. The molecular formula is C23H36Cl2N2O5. The SMILES string of the molecule is CCCCCNCC(O)c1cc(Cl)c(N(C(=O)OC(C)(C)C)C(=O)OC(C)(C)C)c(Cl)c1. The fourth-order valence-corrected chi connectivity index (χ4v) is 3.39. The summed E-state index contributed by atoms with van der Waals surface area (Å²) in [5.41, 5.74) is -1.34. The molecule has 0 aliphatic heterocycles. The fraction of sp³-hybridized carbons (Fsp3) is 0.652. The molecule has 0 aliphatic carbocycles. The zero-order valence-corrected chi connectivity index (χ0v) is 21.6. The number of rotatable bonds is 8. The van der Waals surface area contributed by atoms with Gasteiger partial charge in [-0.15, -0.1) is 0 Å². The lowest BCUT2D eigenvalue weighted by atomic mass is 10.1. The molecule has 2 N–H and O–H groups in total. The standard InChI is InChI=1S/C23H36Cl2N2O5/c1-8-9-10-11-26-14-18(28)15-12-16(24)19(17(25)13-15)27(20(29)31-22(2,3)4)21(30)32-23(5,6)7/h12-13,18,26,28H,8-11,14H2,1-7H3. The van der Waals surface area contributed by atoms with Crippen LogP contribution in [0.1, 0.15) is 79.4 Å². The number of halogens is 2. The summed E-state index contributed by atoms with van der Waals surface area (Å²) in [6.07, 6.45) is 0.438. The molecule has 2 amide bonds. The number of hydrogen-bond acceptors (Lipinski definition) is 6. The van der Waals surface area contributed by atoms with E-state index in [2.05, 4.69) is 12.2 Å². The summed E-state index contributed by atoms with van der Waals surface area (Å²) in [7, 11) is 0. The number of anilines is 1. The molecule has 0 spiro atoms. The Morgan fingerprint density at radius 1 is 1.00 bits per heavy atom. The number of ether oxygens (including phenoxy) is 2. The Kier molecular flexibility index (Phi) is 10.7. The summed E-state index contributed by atoms with van der Waals surface area (Å²) >= 11 is 12.9. The first-order chi connectivity index (χ1) is 14.7. The Morgan fingerprint density at radius 3 is 1.88 bits per heavy atom. The van der Waals surface area contributed by atoms with Crippen molar-refractivity contribution in [1.29, 1.82) is 0 Å². The summed E-state index contributed by atoms with van der Waals surface area (Å²) < 4.78 is 10.7. The number of hydrogen-bond donors (Lipinski definition) is 2. The molecule has 0 radical (unpaired) electrons. The van der Waals surface area contributed by atoms with Crippen molar-refractivity contribution in [2.24, 2.45) is 0 Å². The zero-order valence-electron chi connectivity index (χ0n) is 20.1. The quantitative estimate of drug-likeness (QED) is 0.405. The summed E-state index contributed by atoms with van der Waals surface area (Å²) in [6.45, 7) is 13.3. The van der Waals surface area contributed by atoms with Gasteiger partial charge in [-0.2, -0.15) is 4.90 Å². The Morgan fingerprint density at radius 2 is 1.47 bits per heavy atom. The second kappa shape index (κ2) is 12.1. The lowest BCUT2D eigenvalue weighted by Gasteiger charge is -2.29. The molecule has 0 saturated heterocycles. The van der Waals surface area contributed by atoms with Gasteiger partial charge in [0.2, 0.25) is 0 Å². The number of aliphatic hydroxyl groups is 1. The van der Waals surface area contributed by atoms with Crippen LogP contribution in [0.4, 0.5) is 15.3 Å². The summed E-state index contributed by atoms with van der Waals surface area (Å²) in [4.78, 5) is 26.4. The van der Waals surface area contributed by atoms with Gasteiger partial charge in [0.25, 0.3) is 0 Å². The topological polar surface area (TPSA) is 88.1 Å². The molecule has 7 nitrogen and oxygen atoms in total. The van der Waals surface area contributed by atoms with Crippen molar-refractivity contribution in [3.8, 4) is 0 Å². The van der Waals surface area contributed by atoms with Crippen molar-refractivity contribution >= 4 is 41.1 Å². The van der Waals surface area contributed by atoms with Crippen LogP contribution in [0.3, 0.4) is 0 Å². The number of nitrogens with zero attached hydrogens (tertiary/aromatic N) is 1. The van der Waals surface area contributed by atoms with Gasteiger partial charge in [-0.05, 0) is 72.2 Å². The lowest BCUT2D eigenvalue weighted by molar-refractivity contribution is 0.0430. The van der Waals surface area contributed by atoms with Gasteiger partial charge in [0.1, 0.15) is 11.2 Å². The maximum Gasteiger partial charge on any atom is 0.424 e. The fourth-order valence-electron chi connectivity index (χ4n) is 2.72. The number of aliphatic hydroxyl groups excluding tert-OH is 1. The van der Waals surface area contributed by atoms with Crippen molar-refractivity contribution in [3.05, 3.63) is 27.7 Å². The van der Waals surface area contributed by atoms with Crippen LogP contribution in [-0.4, -0.2) is 41.6 Å². The predicted octanol–water partition coefficient (Wildman–Crippen LogP) is 6.48. The van der Waals surface area contributed by atoms with Crippen molar-refractivity contribution in [1.82, 2.24) is 5.32 Å². The molecule has 1 aromatic rings. The van der Waals surface area contributed by atoms with E-state index in [1.54, 1.807) is 41.5 Å². The molecule has 1 unspecified atom stereocenters. The van der Waals surface area contributed by atoms with Gasteiger partial charge in [-0.3, -0.25) is 0 Å². The highest BCUT2D eigenvalue weighted by Crippen LogP contribution is 2.38. The second-order valence-electron chi connectivity index (χ2n) is 9.56. The van der Waals surface area contributed by atoms with Crippen LogP contribution >= 0.6 is 23.2 Å². The van der Waals surface area contributed by atoms with E-state index in [9.17, 15) is 14.7 Å². The summed E-state index contributed by atoms with van der Waals surface area (Å²) in [6, 6.07) is 2.95. The van der Waals surface area contributed by atoms with E-state index in [0.717, 1.165) is 25.8 Å². The molecule has 0 heterocycles. The molecule has 1 aromatic carbocycles. The Labute approximate surface area is 201 Å². The van der Waals surface area contributed by atoms with Gasteiger partial charge in [-0.1, -0.05) is 43.0 Å². The van der Waals surface area contributed by atoms with Crippen molar-refractivity contribution in [2.45, 2.75) is 85.0 Å². The van der Waals surface area contributed by atoms with E-state index in [1.165, 1.54) is 12.1 Å². The molecule has 0 aromatic heterocycles. The Bertz CT molecular complexity index is 737. The summed E-state index contributed by atoms with van der Waals surface area (Å²) in [5.74, 6) is 0. The van der Waals surface area contributed by atoms with E-state index < -0.39 is 29.5 Å². The van der Waals surface area contributed by atoms with Gasteiger partial charge in [-0.25, -0.2) is 9.59 Å². The van der Waals surface area contributed by atoms with Crippen molar-refractivity contribution < 1.29 is 24.2 Å². The van der Waals surface area contributed by atoms with Crippen molar-refractivity contribution in [3.63, 3.8) is 0 Å². The van der Waals surface area contributed by atoms with Crippen LogP contribution in [0.15, 0.2) is 12.1 Å². The molecule has 1 rings (SSSR count). The van der Waals surface area contributed by atoms with Gasteiger partial charge in [0.05, 0.1) is 21.8 Å². The highest BCUT2D eigenvalue weighted by atomic mass is 35.5. The molecule has 0 aliphatic rings. The largest absolute Gasteiger partial charge is 0.443 e. The number of amides is 2. The van der Waals surface area contributed by atoms with Gasteiger partial charge in [0, 0.05) is 6.54 Å². The Hall–Kier alpha value is -1.54. The van der Waals surface area contributed by atoms with E-state index in [1.807, 2.05) is 0 Å². The highest BCUT2D eigenvalue weighted by Gasteiger charge is 2.35. The third-order valence-electron chi connectivity index (χ3n) is 4.09. The van der Waals surface area contributed by atoms with E-state index in [-0.39, 0.29) is 15.7 Å². The molecule has 182 valence electrons. The predicted molar refractivity (Wildman–Crippen MR) is 129 cm³/mol. The van der Waals surface area contributed by atoms with Crippen LogP contribution in [0, 0.1) is 0 Å². The molecule has 9 heteroatoms. The van der Waals surface area contributed by atoms with Crippen LogP contribution in [0.2, 0.25) is 10.0 Å². The van der Waals surface area contributed by atoms with Gasteiger partial charge < -0.3 is 19.9 Å². The van der Waals surface area contributed by atoms with E-state index in [0.29, 0.717) is 17.0 Å². The summed E-state index contributed by atoms with van der Waals surface area (Å²) in [5, 5.41) is 13.7. The maximum atomic E-state index is 12.9. The van der Waals surface area contributed by atoms with Gasteiger partial charge >= 0.3 is 12.2 Å². The van der Waals surface area contributed by atoms with E-state index >= 15 is 0 Å². The average molecular weight is 491 g/mol. The molecular weight excluding hydrogens is 455 g/mol. The third-order valence-corrected chi connectivity index (χ3v) is 4.67. The van der Waals surface area contributed by atoms with Crippen LogP contribution < -0.4 is 10.2 Å². The molecule has 32 heavy (non-hydrogen) atoms. The van der Waals surface area contributed by atoms with Crippen LogP contribution in [-0.2, 0) is 9.47 Å². The van der Waals surface area contributed by atoms with Crippen LogP contribution in [0.5, 0.6) is 0 Å². The Balaban J connectivity index is 3.21. The number of benzene rings is 1. The highest BCUT2D eigenvalue weighted by molar-refractivity contribution is 6.41. The molecule has 0 fully saturated rings. The van der Waals surface area contributed by atoms with Crippen LogP contribution in [0.25, 0.3) is 0 Å². The minimum atomic E-state index is -0.971.